The van der Waals surface area contributed by atoms with Gasteiger partial charge in [0.15, 0.2) is 0 Å². The van der Waals surface area contributed by atoms with Crippen molar-refractivity contribution in [2.75, 3.05) is 6.61 Å². The van der Waals surface area contributed by atoms with E-state index in [1.165, 1.54) is 13.8 Å². The van der Waals surface area contributed by atoms with Gasteiger partial charge in [0, 0.05) is 37.0 Å². The molecule has 8 nitrogen and oxygen atoms in total. The molecule has 0 aromatic heterocycles. The van der Waals surface area contributed by atoms with Crippen molar-refractivity contribution in [1.29, 1.82) is 0 Å². The van der Waals surface area contributed by atoms with Crippen LogP contribution in [0, 0.1) is 0 Å². The maximum atomic E-state index is 12.5. The molecule has 0 unspecified atom stereocenters. The van der Waals surface area contributed by atoms with Crippen LogP contribution in [-0.4, -0.2) is 46.9 Å². The smallest absolute Gasteiger partial charge is 0.343 e. The fourth-order valence-corrected chi connectivity index (χ4v) is 3.47. The molecular weight excluding hydrogens is 380 g/mol. The van der Waals surface area contributed by atoms with Crippen LogP contribution in [0.4, 0.5) is 0 Å². The first kappa shape index (κ1) is 20.9. The van der Waals surface area contributed by atoms with Crippen LogP contribution in [0.15, 0.2) is 47.0 Å². The SMILES string of the molecule is C=C(C)C(=O)O[C@H]1C[C@@](C)(O)C2=CC[C@](C)(/C=C3/OC(=O)C(COC(C)=O)=C31)O2. The first-order valence-electron chi connectivity index (χ1n) is 9.22. The van der Waals surface area contributed by atoms with Gasteiger partial charge >= 0.3 is 17.9 Å². The maximum absolute atomic E-state index is 12.5. The third kappa shape index (κ3) is 4.12. The molecule has 29 heavy (non-hydrogen) atoms. The van der Waals surface area contributed by atoms with Crippen molar-refractivity contribution < 1.29 is 38.4 Å². The Morgan fingerprint density at radius 3 is 2.66 bits per heavy atom. The molecule has 0 aromatic carbocycles. The monoisotopic (exact) mass is 404 g/mol. The Morgan fingerprint density at radius 2 is 2.03 bits per heavy atom. The number of fused-ring (bicyclic) bond motifs is 3. The number of ether oxygens (including phenoxy) is 4. The summed E-state index contributed by atoms with van der Waals surface area (Å²) < 4.78 is 21.9. The second kappa shape index (κ2) is 7.18. The lowest BCUT2D eigenvalue weighted by molar-refractivity contribution is -0.145. The van der Waals surface area contributed by atoms with Gasteiger partial charge in [-0.2, -0.15) is 0 Å². The average molecular weight is 404 g/mol. The Hall–Kier alpha value is -2.87. The van der Waals surface area contributed by atoms with E-state index in [0.717, 1.165) is 0 Å². The third-order valence-corrected chi connectivity index (χ3v) is 4.97. The number of carbonyl (C=O) groups excluding carboxylic acids is 3. The van der Waals surface area contributed by atoms with E-state index >= 15 is 0 Å². The quantitative estimate of drug-likeness (QED) is 0.431. The molecule has 3 aliphatic heterocycles. The van der Waals surface area contributed by atoms with Crippen LogP contribution in [0.3, 0.4) is 0 Å². The third-order valence-electron chi connectivity index (χ3n) is 4.97. The summed E-state index contributed by atoms with van der Waals surface area (Å²) in [6.45, 7) is 9.27. The number of aliphatic hydroxyl groups is 1. The summed E-state index contributed by atoms with van der Waals surface area (Å²) in [5.74, 6) is -1.46. The van der Waals surface area contributed by atoms with Crippen LogP contribution in [-0.2, 0) is 33.3 Å². The first-order chi connectivity index (χ1) is 13.4. The van der Waals surface area contributed by atoms with E-state index in [2.05, 4.69) is 6.58 Å². The van der Waals surface area contributed by atoms with Gasteiger partial charge in [0.05, 0.1) is 5.57 Å². The number of carbonyl (C=O) groups is 3. The molecule has 3 aliphatic rings. The highest BCUT2D eigenvalue weighted by atomic mass is 16.6. The van der Waals surface area contributed by atoms with Crippen LogP contribution in [0.25, 0.3) is 0 Å². The van der Waals surface area contributed by atoms with Crippen molar-refractivity contribution in [1.82, 2.24) is 0 Å². The number of hydrogen-bond acceptors (Lipinski definition) is 8. The summed E-state index contributed by atoms with van der Waals surface area (Å²) in [7, 11) is 0. The molecule has 0 radical (unpaired) electrons. The lowest BCUT2D eigenvalue weighted by Gasteiger charge is -2.30. The Labute approximate surface area is 168 Å². The van der Waals surface area contributed by atoms with Crippen LogP contribution in [0.2, 0.25) is 0 Å². The maximum Gasteiger partial charge on any atom is 0.343 e. The van der Waals surface area contributed by atoms with Gasteiger partial charge in [-0.1, -0.05) is 6.58 Å². The minimum absolute atomic E-state index is 0.0529. The zero-order valence-electron chi connectivity index (χ0n) is 16.9. The zero-order chi connectivity index (χ0) is 21.6. The molecule has 8 heteroatoms. The van der Waals surface area contributed by atoms with Gasteiger partial charge in [-0.3, -0.25) is 4.79 Å². The van der Waals surface area contributed by atoms with Crippen molar-refractivity contribution in [3.05, 3.63) is 47.0 Å². The molecule has 1 N–H and O–H groups in total. The molecule has 0 saturated heterocycles. The molecule has 3 heterocycles. The summed E-state index contributed by atoms with van der Waals surface area (Å²) in [5, 5.41) is 11.1. The van der Waals surface area contributed by atoms with Crippen molar-refractivity contribution in [3.63, 3.8) is 0 Å². The van der Waals surface area contributed by atoms with Crippen LogP contribution >= 0.6 is 0 Å². The predicted molar refractivity (Wildman–Crippen MR) is 100.0 cm³/mol. The molecule has 0 amide bonds. The summed E-state index contributed by atoms with van der Waals surface area (Å²) in [4.78, 5) is 36.1. The molecule has 3 rings (SSSR count). The topological polar surface area (TPSA) is 108 Å². The van der Waals surface area contributed by atoms with Crippen molar-refractivity contribution >= 4 is 17.9 Å². The average Bonchev–Trinajstić information content (AvgIpc) is 3.12. The van der Waals surface area contributed by atoms with Crippen molar-refractivity contribution in [2.45, 2.75) is 57.8 Å². The minimum Gasteiger partial charge on any atom is -0.485 e. The predicted octanol–water partition coefficient (Wildman–Crippen LogP) is 1.99. The fraction of sp³-hybridized carbons (Fsp3) is 0.476. The minimum atomic E-state index is -1.48. The van der Waals surface area contributed by atoms with Gasteiger partial charge in [0.25, 0.3) is 0 Å². The normalized spacial score (nSPS) is 32.4. The van der Waals surface area contributed by atoms with Gasteiger partial charge < -0.3 is 24.1 Å². The Morgan fingerprint density at radius 1 is 1.34 bits per heavy atom. The number of hydrogen-bond donors (Lipinski definition) is 1. The largest absolute Gasteiger partial charge is 0.485 e. The van der Waals surface area contributed by atoms with Gasteiger partial charge in [-0.25, -0.2) is 9.59 Å². The van der Waals surface area contributed by atoms with E-state index < -0.39 is 35.2 Å². The van der Waals surface area contributed by atoms with Crippen LogP contribution in [0.1, 0.15) is 40.5 Å². The molecule has 0 saturated carbocycles. The molecule has 0 spiro atoms. The number of esters is 3. The summed E-state index contributed by atoms with van der Waals surface area (Å²) in [6, 6.07) is 0. The summed E-state index contributed by atoms with van der Waals surface area (Å²) in [5.41, 5.74) is -1.87. The Kier molecular flexibility index (Phi) is 5.17. The first-order valence-corrected chi connectivity index (χ1v) is 9.22. The van der Waals surface area contributed by atoms with E-state index in [0.29, 0.717) is 12.2 Å². The zero-order valence-corrected chi connectivity index (χ0v) is 16.9. The Bertz CT molecular complexity index is 888. The molecular formula is C21H24O8. The molecule has 3 atom stereocenters. The van der Waals surface area contributed by atoms with E-state index in [9.17, 15) is 19.5 Å². The second-order valence-electron chi connectivity index (χ2n) is 7.91. The van der Waals surface area contributed by atoms with E-state index in [1.807, 2.05) is 0 Å². The van der Waals surface area contributed by atoms with Crippen molar-refractivity contribution in [3.8, 4) is 0 Å². The summed E-state index contributed by atoms with van der Waals surface area (Å²) in [6.07, 6.45) is 2.70. The highest BCUT2D eigenvalue weighted by Gasteiger charge is 2.47. The summed E-state index contributed by atoms with van der Waals surface area (Å²) >= 11 is 0. The lowest BCUT2D eigenvalue weighted by atomic mass is 9.88. The van der Waals surface area contributed by atoms with Crippen LogP contribution < -0.4 is 0 Å². The molecule has 0 aliphatic carbocycles. The van der Waals surface area contributed by atoms with Gasteiger partial charge in [0.1, 0.15) is 35.4 Å². The second-order valence-corrected chi connectivity index (χ2v) is 7.91. The van der Waals surface area contributed by atoms with Gasteiger partial charge in [-0.15, -0.1) is 0 Å². The van der Waals surface area contributed by atoms with E-state index in [1.54, 1.807) is 26.0 Å². The van der Waals surface area contributed by atoms with Crippen LogP contribution in [0.5, 0.6) is 0 Å². The highest BCUT2D eigenvalue weighted by Crippen LogP contribution is 2.44. The molecule has 2 bridgehead atoms. The molecule has 156 valence electrons. The molecule has 0 aromatic rings. The van der Waals surface area contributed by atoms with E-state index in [4.69, 9.17) is 18.9 Å². The highest BCUT2D eigenvalue weighted by molar-refractivity contribution is 5.96. The van der Waals surface area contributed by atoms with Gasteiger partial charge in [-0.05, 0) is 26.8 Å². The fourth-order valence-electron chi connectivity index (χ4n) is 3.47. The number of rotatable bonds is 4. The molecule has 0 fully saturated rings. The van der Waals surface area contributed by atoms with Crippen molar-refractivity contribution in [2.24, 2.45) is 0 Å². The van der Waals surface area contributed by atoms with E-state index in [-0.39, 0.29) is 35.5 Å². The Balaban J connectivity index is 2.14. The lowest BCUT2D eigenvalue weighted by Crippen LogP contribution is -2.36. The standard InChI is InChI=1S/C21H24O8/c1-11(2)18(23)27-15-9-21(5,25)16-6-7-20(4,29-16)8-14-17(15)13(19(24)28-14)10-26-12(3)22/h6,8,15,25H,1,7,9-10H2,2-5H3/b14-8+/t15-,20+,21+/m0/s1. The van der Waals surface area contributed by atoms with Gasteiger partial charge in [0.2, 0.25) is 0 Å².